The van der Waals surface area contributed by atoms with Gasteiger partial charge in [0, 0.05) is 47.3 Å². The number of aromatic nitrogens is 4. The summed E-state index contributed by atoms with van der Waals surface area (Å²) in [6.45, 7) is 1.35. The van der Waals surface area contributed by atoms with E-state index in [9.17, 15) is 14.3 Å². The number of hydrogen-bond acceptors (Lipinski definition) is 9. The number of rotatable bonds is 9. The summed E-state index contributed by atoms with van der Waals surface area (Å²) in [6.07, 6.45) is 3.70. The number of pyridine rings is 1. The first-order valence-corrected chi connectivity index (χ1v) is 14.8. The predicted molar refractivity (Wildman–Crippen MR) is 159 cm³/mol. The Hall–Kier alpha value is -5.02. The number of thiazole rings is 1. The zero-order chi connectivity index (χ0) is 29.5. The van der Waals surface area contributed by atoms with Gasteiger partial charge in [-0.05, 0) is 49.2 Å². The second-order valence-electron chi connectivity index (χ2n) is 10.7. The van der Waals surface area contributed by atoms with Crippen molar-refractivity contribution in [1.29, 1.82) is 5.26 Å². The van der Waals surface area contributed by atoms with Crippen LogP contribution in [0.15, 0.2) is 66.3 Å². The Balaban J connectivity index is 1.06. The van der Waals surface area contributed by atoms with Crippen molar-refractivity contribution in [3.8, 4) is 11.9 Å². The quantitative estimate of drug-likeness (QED) is 0.233. The third-order valence-corrected chi connectivity index (χ3v) is 8.84. The van der Waals surface area contributed by atoms with E-state index >= 15 is 0 Å². The number of fused-ring (bicyclic) bond motifs is 2. The fourth-order valence-corrected chi connectivity index (χ4v) is 6.39. The van der Waals surface area contributed by atoms with Crippen LogP contribution in [0, 0.1) is 23.1 Å². The lowest BCUT2D eigenvalue weighted by molar-refractivity contribution is 0.0697. The molecule has 1 saturated heterocycles. The number of carbonyl (C=O) groups is 1. The second kappa shape index (κ2) is 11.0. The van der Waals surface area contributed by atoms with Crippen LogP contribution >= 0.6 is 11.3 Å². The van der Waals surface area contributed by atoms with Gasteiger partial charge in [0.2, 0.25) is 11.8 Å². The third-order valence-electron chi connectivity index (χ3n) is 8.07. The van der Waals surface area contributed by atoms with Crippen LogP contribution in [0.25, 0.3) is 11.0 Å². The maximum atomic E-state index is 14.3. The molecule has 2 fully saturated rings. The van der Waals surface area contributed by atoms with Gasteiger partial charge in [0.05, 0.1) is 40.3 Å². The maximum absolute atomic E-state index is 14.3. The summed E-state index contributed by atoms with van der Waals surface area (Å²) in [4.78, 5) is 28.8. The number of piperidine rings is 1. The number of ether oxygens (including phenoxy) is 1. The number of hydrogen-bond donors (Lipinski definition) is 2. The molecule has 12 heteroatoms. The van der Waals surface area contributed by atoms with Crippen LogP contribution in [-0.4, -0.2) is 49.2 Å². The Morgan fingerprint density at radius 3 is 2.91 bits per heavy atom. The van der Waals surface area contributed by atoms with Crippen LogP contribution in [0.5, 0.6) is 5.88 Å². The number of nitriles is 1. The van der Waals surface area contributed by atoms with Crippen molar-refractivity contribution in [2.75, 3.05) is 16.8 Å². The van der Waals surface area contributed by atoms with Gasteiger partial charge in [-0.3, -0.25) is 4.98 Å². The summed E-state index contributed by atoms with van der Waals surface area (Å²) >= 11 is 1.55. The molecule has 2 aliphatic rings. The predicted octanol–water partition coefficient (Wildman–Crippen LogP) is 5.30. The molecule has 2 aromatic carbocycles. The molecule has 0 bridgehead atoms. The average Bonchev–Trinajstić information content (AvgIpc) is 3.53. The Labute approximate surface area is 250 Å². The van der Waals surface area contributed by atoms with Gasteiger partial charge in [-0.1, -0.05) is 12.1 Å². The molecule has 3 atom stereocenters. The van der Waals surface area contributed by atoms with Gasteiger partial charge >= 0.3 is 5.97 Å². The first kappa shape index (κ1) is 26.9. The normalized spacial score (nSPS) is 19.1. The van der Waals surface area contributed by atoms with E-state index in [-0.39, 0.29) is 23.8 Å². The zero-order valence-electron chi connectivity index (χ0n) is 22.9. The van der Waals surface area contributed by atoms with Crippen LogP contribution in [0.4, 0.5) is 16.2 Å². The van der Waals surface area contributed by atoms with E-state index in [0.717, 1.165) is 47.1 Å². The molecule has 3 aromatic heterocycles. The third kappa shape index (κ3) is 5.35. The summed E-state index contributed by atoms with van der Waals surface area (Å²) in [7, 11) is 0. The first-order chi connectivity index (χ1) is 21.0. The molecular formula is C31H26FN7O3S. The van der Waals surface area contributed by atoms with Gasteiger partial charge in [-0.2, -0.15) is 10.2 Å². The maximum Gasteiger partial charge on any atom is 0.335 e. The van der Waals surface area contributed by atoms with Crippen LogP contribution < -0.4 is 15.0 Å². The highest BCUT2D eigenvalue weighted by atomic mass is 32.1. The number of imidazole rings is 1. The first-order valence-electron chi connectivity index (χ1n) is 13.9. The molecule has 43 heavy (non-hydrogen) atoms. The van der Waals surface area contributed by atoms with Gasteiger partial charge in [0.25, 0.3) is 0 Å². The summed E-state index contributed by atoms with van der Waals surface area (Å²) in [5, 5.41) is 22.2. The molecule has 3 unspecified atom stereocenters. The largest absolute Gasteiger partial charge is 0.478 e. The molecule has 5 aromatic rings. The minimum Gasteiger partial charge on any atom is -0.478 e. The van der Waals surface area contributed by atoms with E-state index in [4.69, 9.17) is 20.0 Å². The van der Waals surface area contributed by atoms with E-state index in [0.29, 0.717) is 29.9 Å². The highest BCUT2D eigenvalue weighted by Gasteiger charge is 2.50. The topological polar surface area (TPSA) is 129 Å². The molecule has 1 saturated carbocycles. The van der Waals surface area contributed by atoms with Gasteiger partial charge < -0.3 is 24.6 Å². The zero-order valence-corrected chi connectivity index (χ0v) is 23.7. The van der Waals surface area contributed by atoms with Crippen molar-refractivity contribution in [1.82, 2.24) is 19.5 Å². The van der Waals surface area contributed by atoms with Crippen LogP contribution in [0.1, 0.15) is 39.2 Å². The minimum absolute atomic E-state index is 0.0164. The Bertz CT molecular complexity index is 1870. The Morgan fingerprint density at radius 1 is 1.21 bits per heavy atom. The number of nitrogens with one attached hydrogen (secondary N) is 1. The molecule has 1 aliphatic carbocycles. The van der Waals surface area contributed by atoms with E-state index < -0.39 is 11.8 Å². The number of halogens is 1. The van der Waals surface area contributed by atoms with E-state index in [1.807, 2.05) is 29.0 Å². The second-order valence-corrected chi connectivity index (χ2v) is 11.7. The van der Waals surface area contributed by atoms with E-state index in [1.165, 1.54) is 6.07 Å². The monoisotopic (exact) mass is 595 g/mol. The number of anilines is 2. The molecule has 7 rings (SSSR count). The van der Waals surface area contributed by atoms with Gasteiger partial charge in [0.15, 0.2) is 0 Å². The van der Waals surface area contributed by atoms with Gasteiger partial charge in [0.1, 0.15) is 18.2 Å². The molecule has 0 radical (unpaired) electrons. The summed E-state index contributed by atoms with van der Waals surface area (Å²) in [5.41, 5.74) is 4.14. The van der Waals surface area contributed by atoms with Crippen molar-refractivity contribution in [3.63, 3.8) is 0 Å². The Morgan fingerprint density at radius 2 is 2.12 bits per heavy atom. The molecule has 216 valence electrons. The number of benzene rings is 2. The fraction of sp³-hybridized carbons (Fsp3) is 0.258. The van der Waals surface area contributed by atoms with Crippen molar-refractivity contribution < 1.29 is 19.0 Å². The number of carboxylic acid groups (broad SMARTS) is 1. The molecule has 0 amide bonds. The van der Waals surface area contributed by atoms with Crippen LogP contribution in [-0.2, 0) is 13.2 Å². The SMILES string of the molecule is N#Cc1ccc(COc2cccc(N3CCC(Nc4nc5ccc(C(=O)O)cc5n4Cc4cncs4)C4CC43)n2)c(F)c1. The van der Waals surface area contributed by atoms with Crippen molar-refractivity contribution in [2.45, 2.75) is 38.1 Å². The van der Waals surface area contributed by atoms with Gasteiger partial charge in [-0.25, -0.2) is 14.2 Å². The molecule has 2 N–H and O–H groups in total. The van der Waals surface area contributed by atoms with E-state index in [1.54, 1.807) is 53.2 Å². The fourth-order valence-electron chi connectivity index (χ4n) is 5.81. The standard InChI is InChI=1S/C31H26FN7O3S/c32-23-10-18(13-33)4-5-20(23)16-42-29-3-1-2-28(37-29)38-9-8-24(22-12-26(22)38)35-31-36-25-7-6-19(30(40)41)11-27(25)39(31)15-21-14-34-17-43-21/h1-7,10-11,14,17,22,24,26H,8-9,12,15-16H2,(H,35,36)(H,40,41). The summed E-state index contributed by atoms with van der Waals surface area (Å²) in [6, 6.07) is 17.4. The van der Waals surface area contributed by atoms with Gasteiger partial charge in [-0.15, -0.1) is 11.3 Å². The van der Waals surface area contributed by atoms with Crippen LogP contribution in [0.3, 0.4) is 0 Å². The Kier molecular flexibility index (Phi) is 6.87. The van der Waals surface area contributed by atoms with Crippen molar-refractivity contribution in [2.24, 2.45) is 5.92 Å². The van der Waals surface area contributed by atoms with Crippen molar-refractivity contribution in [3.05, 3.63) is 93.7 Å². The lowest BCUT2D eigenvalue weighted by Crippen LogP contribution is -2.41. The number of nitrogens with zero attached hydrogens (tertiary/aromatic N) is 6. The highest BCUT2D eigenvalue weighted by Crippen LogP contribution is 2.46. The molecule has 0 spiro atoms. The van der Waals surface area contributed by atoms with E-state index in [2.05, 4.69) is 15.2 Å². The minimum atomic E-state index is -0.973. The summed E-state index contributed by atoms with van der Waals surface area (Å²) in [5.74, 6) is 0.907. The summed E-state index contributed by atoms with van der Waals surface area (Å²) < 4.78 is 22.1. The molecule has 1 aliphatic heterocycles. The average molecular weight is 596 g/mol. The molecule has 10 nitrogen and oxygen atoms in total. The highest BCUT2D eigenvalue weighted by molar-refractivity contribution is 7.09. The lowest BCUT2D eigenvalue weighted by Gasteiger charge is -2.33. The molecular weight excluding hydrogens is 569 g/mol. The lowest BCUT2D eigenvalue weighted by atomic mass is 10.0. The van der Waals surface area contributed by atoms with Crippen LogP contribution in [0.2, 0.25) is 0 Å². The smallest absolute Gasteiger partial charge is 0.335 e. The number of aromatic carboxylic acids is 1. The van der Waals surface area contributed by atoms with Crippen molar-refractivity contribution >= 4 is 40.1 Å². The molecule has 4 heterocycles. The number of carboxylic acids is 1.